The highest BCUT2D eigenvalue weighted by atomic mass is 32.2. The molecule has 1 N–H and O–H groups in total. The molecular weight excluding hydrogens is 218 g/mol. The SMILES string of the molecule is CC1=CCCC(C)C1CNC(C)CS(C)=O. The van der Waals surface area contributed by atoms with Gasteiger partial charge in [0.15, 0.2) is 0 Å². The van der Waals surface area contributed by atoms with E-state index in [1.807, 2.05) is 0 Å². The van der Waals surface area contributed by atoms with Crippen molar-refractivity contribution >= 4 is 10.8 Å². The lowest BCUT2D eigenvalue weighted by atomic mass is 9.80. The average molecular weight is 243 g/mol. The Balaban J connectivity index is 2.38. The van der Waals surface area contributed by atoms with Crippen molar-refractivity contribution in [3.8, 4) is 0 Å². The number of hydrogen-bond donors (Lipinski definition) is 1. The molecule has 2 nitrogen and oxygen atoms in total. The van der Waals surface area contributed by atoms with E-state index in [2.05, 4.69) is 32.2 Å². The fourth-order valence-corrected chi connectivity index (χ4v) is 3.30. The standard InChI is InChI=1S/C13H25NOS/c1-10-6-5-7-11(2)13(10)8-14-12(3)9-16(4)15/h6,11-14H,5,7-9H2,1-4H3. The van der Waals surface area contributed by atoms with Gasteiger partial charge in [-0.3, -0.25) is 4.21 Å². The average Bonchev–Trinajstić information content (AvgIpc) is 2.15. The largest absolute Gasteiger partial charge is 0.313 e. The summed E-state index contributed by atoms with van der Waals surface area (Å²) in [6, 6.07) is 0.354. The van der Waals surface area contributed by atoms with E-state index in [4.69, 9.17) is 0 Å². The van der Waals surface area contributed by atoms with E-state index in [0.29, 0.717) is 12.0 Å². The maximum absolute atomic E-state index is 11.1. The first-order chi connectivity index (χ1) is 7.50. The van der Waals surface area contributed by atoms with Crippen LogP contribution in [0, 0.1) is 11.8 Å². The van der Waals surface area contributed by atoms with Gasteiger partial charge in [-0.05, 0) is 38.5 Å². The second-order valence-electron chi connectivity index (χ2n) is 5.16. The van der Waals surface area contributed by atoms with Gasteiger partial charge in [-0.15, -0.1) is 0 Å². The summed E-state index contributed by atoms with van der Waals surface area (Å²) >= 11 is 0. The van der Waals surface area contributed by atoms with Gasteiger partial charge in [0.2, 0.25) is 0 Å². The van der Waals surface area contributed by atoms with Crippen molar-refractivity contribution in [2.24, 2.45) is 11.8 Å². The summed E-state index contributed by atoms with van der Waals surface area (Å²) in [6.07, 6.45) is 6.68. The van der Waals surface area contributed by atoms with E-state index in [9.17, 15) is 4.21 Å². The fourth-order valence-electron chi connectivity index (χ4n) is 2.48. The first-order valence-electron chi connectivity index (χ1n) is 6.20. The summed E-state index contributed by atoms with van der Waals surface area (Å²) in [6.45, 7) is 7.73. The molecule has 0 saturated carbocycles. The summed E-state index contributed by atoms with van der Waals surface area (Å²) in [5.41, 5.74) is 1.52. The molecule has 0 bridgehead atoms. The van der Waals surface area contributed by atoms with Crippen LogP contribution in [-0.2, 0) is 10.8 Å². The van der Waals surface area contributed by atoms with Gasteiger partial charge in [-0.25, -0.2) is 0 Å². The third kappa shape index (κ3) is 4.38. The highest BCUT2D eigenvalue weighted by molar-refractivity contribution is 7.84. The van der Waals surface area contributed by atoms with Crippen LogP contribution in [0.5, 0.6) is 0 Å². The molecule has 1 aliphatic carbocycles. The predicted octanol–water partition coefficient (Wildman–Crippen LogP) is 2.34. The Morgan fingerprint density at radius 3 is 2.88 bits per heavy atom. The molecule has 0 aromatic rings. The minimum absolute atomic E-state index is 0.354. The lowest BCUT2D eigenvalue weighted by Crippen LogP contribution is -2.37. The lowest BCUT2D eigenvalue weighted by molar-refractivity contribution is 0.342. The molecule has 0 spiro atoms. The molecule has 0 heterocycles. The minimum atomic E-state index is -0.697. The molecule has 16 heavy (non-hydrogen) atoms. The monoisotopic (exact) mass is 243 g/mol. The van der Waals surface area contributed by atoms with E-state index >= 15 is 0 Å². The van der Waals surface area contributed by atoms with Crippen molar-refractivity contribution in [1.82, 2.24) is 5.32 Å². The van der Waals surface area contributed by atoms with Crippen LogP contribution in [0.25, 0.3) is 0 Å². The maximum atomic E-state index is 11.1. The second-order valence-corrected chi connectivity index (χ2v) is 6.64. The summed E-state index contributed by atoms with van der Waals surface area (Å²) < 4.78 is 11.1. The zero-order valence-corrected chi connectivity index (χ0v) is 11.8. The zero-order chi connectivity index (χ0) is 12.1. The Morgan fingerprint density at radius 1 is 1.62 bits per heavy atom. The highest BCUT2D eigenvalue weighted by Gasteiger charge is 2.22. The molecule has 4 atom stereocenters. The molecule has 3 heteroatoms. The number of rotatable bonds is 5. The Bertz CT molecular complexity index is 275. The quantitative estimate of drug-likeness (QED) is 0.751. The topological polar surface area (TPSA) is 29.1 Å². The fraction of sp³-hybridized carbons (Fsp3) is 0.846. The maximum Gasteiger partial charge on any atom is 0.0383 e. The molecule has 0 saturated heterocycles. The van der Waals surface area contributed by atoms with E-state index in [0.717, 1.165) is 18.2 Å². The van der Waals surface area contributed by atoms with Gasteiger partial charge in [-0.1, -0.05) is 18.6 Å². The first-order valence-corrected chi connectivity index (χ1v) is 7.93. The molecule has 0 radical (unpaired) electrons. The van der Waals surface area contributed by atoms with Crippen LogP contribution in [-0.4, -0.2) is 28.8 Å². The van der Waals surface area contributed by atoms with Crippen LogP contribution < -0.4 is 5.32 Å². The van der Waals surface area contributed by atoms with E-state index in [-0.39, 0.29) is 0 Å². The van der Waals surface area contributed by atoms with Crippen LogP contribution in [0.4, 0.5) is 0 Å². The third-order valence-electron chi connectivity index (χ3n) is 3.53. The van der Waals surface area contributed by atoms with Crippen molar-refractivity contribution < 1.29 is 4.21 Å². The highest BCUT2D eigenvalue weighted by Crippen LogP contribution is 2.29. The van der Waals surface area contributed by atoms with Gasteiger partial charge >= 0.3 is 0 Å². The number of nitrogens with one attached hydrogen (secondary N) is 1. The Kier molecular flexibility index (Phi) is 5.70. The summed E-state index contributed by atoms with van der Waals surface area (Å²) in [7, 11) is -0.697. The van der Waals surface area contributed by atoms with Gasteiger partial charge in [0, 0.05) is 35.4 Å². The molecule has 94 valence electrons. The second kappa shape index (κ2) is 6.55. The van der Waals surface area contributed by atoms with Gasteiger partial charge < -0.3 is 5.32 Å². The van der Waals surface area contributed by atoms with Crippen LogP contribution in [0.3, 0.4) is 0 Å². The molecular formula is C13H25NOS. The molecule has 0 aromatic carbocycles. The van der Waals surface area contributed by atoms with Crippen LogP contribution in [0.1, 0.15) is 33.6 Å². The molecule has 1 aliphatic rings. The summed E-state index contributed by atoms with van der Waals surface area (Å²) in [5, 5.41) is 3.51. The molecule has 1 rings (SSSR count). The molecule has 0 aromatic heterocycles. The molecule has 0 amide bonds. The third-order valence-corrected chi connectivity index (χ3v) is 4.50. The van der Waals surface area contributed by atoms with E-state index in [1.165, 1.54) is 18.4 Å². The first kappa shape index (κ1) is 13.9. The van der Waals surface area contributed by atoms with Crippen molar-refractivity contribution in [2.75, 3.05) is 18.6 Å². The van der Waals surface area contributed by atoms with Gasteiger partial charge in [0.05, 0.1) is 0 Å². The number of hydrogen-bond acceptors (Lipinski definition) is 2. The van der Waals surface area contributed by atoms with Gasteiger partial charge in [0.1, 0.15) is 0 Å². The van der Waals surface area contributed by atoms with Crippen LogP contribution >= 0.6 is 0 Å². The molecule has 4 unspecified atom stereocenters. The van der Waals surface area contributed by atoms with Crippen molar-refractivity contribution in [3.05, 3.63) is 11.6 Å². The number of allylic oxidation sites excluding steroid dienone is 1. The Morgan fingerprint density at radius 2 is 2.31 bits per heavy atom. The normalized spacial score (nSPS) is 29.6. The lowest BCUT2D eigenvalue weighted by Gasteiger charge is -2.30. The predicted molar refractivity (Wildman–Crippen MR) is 72.0 cm³/mol. The van der Waals surface area contributed by atoms with E-state index < -0.39 is 10.8 Å². The van der Waals surface area contributed by atoms with Crippen LogP contribution in [0.2, 0.25) is 0 Å². The zero-order valence-electron chi connectivity index (χ0n) is 11.0. The van der Waals surface area contributed by atoms with Crippen molar-refractivity contribution in [2.45, 2.75) is 39.7 Å². The smallest absolute Gasteiger partial charge is 0.0383 e. The summed E-state index contributed by atoms with van der Waals surface area (Å²) in [5.74, 6) is 2.20. The van der Waals surface area contributed by atoms with Crippen molar-refractivity contribution in [1.29, 1.82) is 0 Å². The van der Waals surface area contributed by atoms with Gasteiger partial charge in [0.25, 0.3) is 0 Å². The van der Waals surface area contributed by atoms with Crippen molar-refractivity contribution in [3.63, 3.8) is 0 Å². The minimum Gasteiger partial charge on any atom is -0.313 e. The molecule has 0 aliphatic heterocycles. The molecule has 0 fully saturated rings. The van der Waals surface area contributed by atoms with E-state index in [1.54, 1.807) is 6.26 Å². The Labute approximate surface area is 102 Å². The van der Waals surface area contributed by atoms with Gasteiger partial charge in [-0.2, -0.15) is 0 Å². The van der Waals surface area contributed by atoms with Crippen LogP contribution in [0.15, 0.2) is 11.6 Å². The summed E-state index contributed by atoms with van der Waals surface area (Å²) in [4.78, 5) is 0. The Hall–Kier alpha value is -0.150.